The predicted molar refractivity (Wildman–Crippen MR) is 79.3 cm³/mol. The predicted octanol–water partition coefficient (Wildman–Crippen LogP) is 3.67. The number of pyridine rings is 2. The lowest BCUT2D eigenvalue weighted by molar-refractivity contribution is 1.22. The first-order valence-electron chi connectivity index (χ1n) is 5.97. The second kappa shape index (κ2) is 4.90. The van der Waals surface area contributed by atoms with Crippen LogP contribution in [0.25, 0.3) is 10.8 Å². The summed E-state index contributed by atoms with van der Waals surface area (Å²) in [5.41, 5.74) is 7.77. The molecule has 0 amide bonds. The molecule has 0 aliphatic carbocycles. The minimum Gasteiger partial charge on any atom is -0.398 e. The van der Waals surface area contributed by atoms with Crippen LogP contribution in [0.1, 0.15) is 5.69 Å². The maximum Gasteiger partial charge on any atom is 0.0410 e. The number of anilines is 1. The third-order valence-corrected chi connectivity index (χ3v) is 3.99. The average molecular weight is 267 g/mol. The summed E-state index contributed by atoms with van der Waals surface area (Å²) in [5, 5.41) is 2.15. The molecule has 2 heterocycles. The van der Waals surface area contributed by atoms with Gasteiger partial charge in [0.25, 0.3) is 0 Å². The van der Waals surface area contributed by atoms with Crippen molar-refractivity contribution in [1.29, 1.82) is 0 Å². The van der Waals surface area contributed by atoms with E-state index in [1.165, 1.54) is 4.90 Å². The van der Waals surface area contributed by atoms with E-state index < -0.39 is 0 Å². The first kappa shape index (κ1) is 12.0. The molecular formula is C15H13N3S. The van der Waals surface area contributed by atoms with Crippen molar-refractivity contribution in [2.45, 2.75) is 16.7 Å². The Bertz CT molecular complexity index is 726. The van der Waals surface area contributed by atoms with E-state index in [-0.39, 0.29) is 0 Å². The van der Waals surface area contributed by atoms with Gasteiger partial charge in [0, 0.05) is 50.5 Å². The van der Waals surface area contributed by atoms with Crippen LogP contribution in [0.3, 0.4) is 0 Å². The summed E-state index contributed by atoms with van der Waals surface area (Å²) in [5.74, 6) is 0. The largest absolute Gasteiger partial charge is 0.398 e. The molecule has 2 aromatic heterocycles. The zero-order valence-corrected chi connectivity index (χ0v) is 11.3. The Labute approximate surface area is 115 Å². The molecule has 4 heteroatoms. The number of nitrogen functional groups attached to an aromatic ring is 1. The van der Waals surface area contributed by atoms with Gasteiger partial charge in [-0.3, -0.25) is 9.97 Å². The van der Waals surface area contributed by atoms with Gasteiger partial charge in [-0.05, 0) is 37.3 Å². The van der Waals surface area contributed by atoms with E-state index in [1.807, 2.05) is 31.3 Å². The summed E-state index contributed by atoms with van der Waals surface area (Å²) < 4.78 is 0. The van der Waals surface area contributed by atoms with Crippen molar-refractivity contribution in [2.24, 2.45) is 0 Å². The molecule has 19 heavy (non-hydrogen) atoms. The molecule has 3 nitrogen and oxygen atoms in total. The van der Waals surface area contributed by atoms with E-state index in [4.69, 9.17) is 5.73 Å². The zero-order chi connectivity index (χ0) is 13.2. The summed E-state index contributed by atoms with van der Waals surface area (Å²) in [7, 11) is 0. The lowest BCUT2D eigenvalue weighted by Crippen LogP contribution is -1.91. The van der Waals surface area contributed by atoms with Gasteiger partial charge in [-0.1, -0.05) is 11.8 Å². The highest BCUT2D eigenvalue weighted by atomic mass is 32.2. The number of nitrogens with two attached hydrogens (primary N) is 1. The molecule has 1 aromatic carbocycles. The highest BCUT2D eigenvalue weighted by Crippen LogP contribution is 2.35. The van der Waals surface area contributed by atoms with Crippen LogP contribution in [0.2, 0.25) is 0 Å². The third-order valence-electron chi connectivity index (χ3n) is 2.91. The molecule has 3 rings (SSSR count). The van der Waals surface area contributed by atoms with Gasteiger partial charge in [-0.15, -0.1) is 0 Å². The summed E-state index contributed by atoms with van der Waals surface area (Å²) in [4.78, 5) is 10.7. The van der Waals surface area contributed by atoms with Crippen molar-refractivity contribution >= 4 is 28.2 Å². The van der Waals surface area contributed by atoms with Crippen LogP contribution in [0.4, 0.5) is 5.69 Å². The Morgan fingerprint density at radius 3 is 2.63 bits per heavy atom. The number of aryl methyl sites for hydroxylation is 1. The second-order valence-corrected chi connectivity index (χ2v) is 5.42. The van der Waals surface area contributed by atoms with E-state index in [0.29, 0.717) is 0 Å². The molecule has 94 valence electrons. The number of hydrogen-bond donors (Lipinski definition) is 1. The van der Waals surface area contributed by atoms with Gasteiger partial charge in [0.1, 0.15) is 0 Å². The molecular weight excluding hydrogens is 254 g/mol. The molecule has 0 aliphatic rings. The second-order valence-electron chi connectivity index (χ2n) is 4.31. The van der Waals surface area contributed by atoms with E-state index in [0.717, 1.165) is 27.0 Å². The van der Waals surface area contributed by atoms with Crippen molar-refractivity contribution in [3.05, 3.63) is 54.6 Å². The number of nitrogens with zero attached hydrogens (tertiary/aromatic N) is 2. The molecule has 0 atom stereocenters. The summed E-state index contributed by atoms with van der Waals surface area (Å²) in [6.45, 7) is 1.99. The van der Waals surface area contributed by atoms with Crippen LogP contribution < -0.4 is 5.73 Å². The molecule has 3 aromatic rings. The third kappa shape index (κ3) is 2.39. The Balaban J connectivity index is 2.13. The fourth-order valence-corrected chi connectivity index (χ4v) is 2.89. The molecule has 0 saturated carbocycles. The Hall–Kier alpha value is -2.07. The molecule has 0 spiro atoms. The summed E-state index contributed by atoms with van der Waals surface area (Å²) in [6, 6.07) is 10.1. The molecule has 0 radical (unpaired) electrons. The van der Waals surface area contributed by atoms with Crippen molar-refractivity contribution in [2.75, 3.05) is 5.73 Å². The van der Waals surface area contributed by atoms with Gasteiger partial charge in [0.2, 0.25) is 0 Å². The van der Waals surface area contributed by atoms with Crippen LogP contribution in [-0.2, 0) is 0 Å². The summed E-state index contributed by atoms with van der Waals surface area (Å²) >= 11 is 1.71. The number of hydrogen-bond acceptors (Lipinski definition) is 4. The summed E-state index contributed by atoms with van der Waals surface area (Å²) in [6.07, 6.45) is 5.44. The number of fused-ring (bicyclic) bond motifs is 1. The molecule has 0 aliphatic heterocycles. The van der Waals surface area contributed by atoms with Gasteiger partial charge >= 0.3 is 0 Å². The topological polar surface area (TPSA) is 51.8 Å². The Morgan fingerprint density at radius 2 is 1.84 bits per heavy atom. The van der Waals surface area contributed by atoms with Crippen LogP contribution in [0.5, 0.6) is 0 Å². The van der Waals surface area contributed by atoms with E-state index >= 15 is 0 Å². The number of aromatic nitrogens is 2. The SMILES string of the molecule is Cc1cc2c(Sc3ccncc3)ccc(N)c2cn1. The van der Waals surface area contributed by atoms with Gasteiger partial charge < -0.3 is 5.73 Å². The quantitative estimate of drug-likeness (QED) is 0.720. The Kier molecular flexibility index (Phi) is 3.09. The van der Waals surface area contributed by atoms with Crippen LogP contribution in [0.15, 0.2) is 58.7 Å². The minimum absolute atomic E-state index is 0.765. The molecule has 0 fully saturated rings. The maximum atomic E-state index is 6.01. The van der Waals surface area contributed by atoms with Crippen LogP contribution in [0, 0.1) is 6.92 Å². The fraction of sp³-hybridized carbons (Fsp3) is 0.0667. The van der Waals surface area contributed by atoms with E-state index in [1.54, 1.807) is 24.2 Å². The smallest absolute Gasteiger partial charge is 0.0410 e. The van der Waals surface area contributed by atoms with Crippen LogP contribution >= 0.6 is 11.8 Å². The van der Waals surface area contributed by atoms with Gasteiger partial charge in [0.15, 0.2) is 0 Å². The minimum atomic E-state index is 0.765. The molecule has 0 unspecified atom stereocenters. The number of rotatable bonds is 2. The van der Waals surface area contributed by atoms with Crippen molar-refractivity contribution in [1.82, 2.24) is 9.97 Å². The molecule has 0 bridgehead atoms. The molecule has 0 saturated heterocycles. The van der Waals surface area contributed by atoms with E-state index in [9.17, 15) is 0 Å². The van der Waals surface area contributed by atoms with Gasteiger partial charge in [0.05, 0.1) is 0 Å². The van der Waals surface area contributed by atoms with Gasteiger partial charge in [-0.2, -0.15) is 0 Å². The highest BCUT2D eigenvalue weighted by Gasteiger charge is 2.06. The highest BCUT2D eigenvalue weighted by molar-refractivity contribution is 7.99. The lowest BCUT2D eigenvalue weighted by atomic mass is 10.1. The van der Waals surface area contributed by atoms with Gasteiger partial charge in [-0.25, -0.2) is 0 Å². The molecule has 2 N–H and O–H groups in total. The normalized spacial score (nSPS) is 10.8. The monoisotopic (exact) mass is 267 g/mol. The van der Waals surface area contributed by atoms with E-state index in [2.05, 4.69) is 22.1 Å². The lowest BCUT2D eigenvalue weighted by Gasteiger charge is -2.09. The standard InChI is InChI=1S/C15H13N3S/c1-10-8-12-13(9-18-10)14(16)2-3-15(12)19-11-4-6-17-7-5-11/h2-9H,16H2,1H3. The maximum absolute atomic E-state index is 6.01. The first-order chi connectivity index (χ1) is 9.24. The first-order valence-corrected chi connectivity index (χ1v) is 6.78. The fourth-order valence-electron chi connectivity index (χ4n) is 1.96. The van der Waals surface area contributed by atoms with Crippen molar-refractivity contribution in [3.63, 3.8) is 0 Å². The van der Waals surface area contributed by atoms with Crippen LogP contribution in [-0.4, -0.2) is 9.97 Å². The number of benzene rings is 1. The Morgan fingerprint density at radius 1 is 1.05 bits per heavy atom. The average Bonchev–Trinajstić information content (AvgIpc) is 2.43. The zero-order valence-electron chi connectivity index (χ0n) is 10.5. The van der Waals surface area contributed by atoms with Crippen molar-refractivity contribution < 1.29 is 0 Å². The van der Waals surface area contributed by atoms with Crippen molar-refractivity contribution in [3.8, 4) is 0 Å².